The van der Waals surface area contributed by atoms with E-state index < -0.39 is 0 Å². The van der Waals surface area contributed by atoms with Gasteiger partial charge in [-0.1, -0.05) is 18.5 Å². The molecule has 0 bridgehead atoms. The summed E-state index contributed by atoms with van der Waals surface area (Å²) in [5.41, 5.74) is 1.47. The Balaban J connectivity index is 2.26. The lowest BCUT2D eigenvalue weighted by Gasteiger charge is -2.19. The van der Waals surface area contributed by atoms with Crippen LogP contribution in [0.3, 0.4) is 0 Å². The highest BCUT2D eigenvalue weighted by Crippen LogP contribution is 2.24. The quantitative estimate of drug-likeness (QED) is 0.850. The first kappa shape index (κ1) is 15.4. The Bertz CT molecular complexity index is 575. The molecule has 5 heteroatoms. The van der Waals surface area contributed by atoms with E-state index in [1.54, 1.807) is 18.3 Å². The molecule has 2 nitrogen and oxygen atoms in total. The van der Waals surface area contributed by atoms with Gasteiger partial charge in [0.15, 0.2) is 0 Å². The van der Waals surface area contributed by atoms with Crippen molar-refractivity contribution in [2.75, 3.05) is 6.54 Å². The van der Waals surface area contributed by atoms with E-state index >= 15 is 0 Å². The first-order valence-corrected chi connectivity index (χ1v) is 7.56. The van der Waals surface area contributed by atoms with Gasteiger partial charge in [-0.25, -0.2) is 4.39 Å². The largest absolute Gasteiger partial charge is 0.310 e. The first-order valence-electron chi connectivity index (χ1n) is 6.39. The fourth-order valence-corrected chi connectivity index (χ4v) is 2.47. The van der Waals surface area contributed by atoms with Gasteiger partial charge >= 0.3 is 0 Å². The van der Waals surface area contributed by atoms with Gasteiger partial charge in [0, 0.05) is 39.4 Å². The number of likely N-dealkylation sites (N-methyl/N-ethyl adjacent to an activating group) is 1. The second-order valence-electron chi connectivity index (χ2n) is 4.45. The molecule has 0 aliphatic carbocycles. The molecule has 1 atom stereocenters. The van der Waals surface area contributed by atoms with Crippen molar-refractivity contribution in [3.05, 3.63) is 63.1 Å². The highest BCUT2D eigenvalue weighted by atomic mass is 79.9. The number of hydrogen-bond donors (Lipinski definition) is 1. The van der Waals surface area contributed by atoms with E-state index in [1.807, 2.05) is 19.1 Å². The number of aromatic nitrogens is 1. The summed E-state index contributed by atoms with van der Waals surface area (Å²) in [5, 5.41) is 3.81. The molecule has 1 unspecified atom stereocenters. The van der Waals surface area contributed by atoms with Gasteiger partial charge in [-0.15, -0.1) is 0 Å². The van der Waals surface area contributed by atoms with Crippen molar-refractivity contribution in [1.82, 2.24) is 10.3 Å². The molecular formula is C15H15BrClFN2. The Labute approximate surface area is 131 Å². The van der Waals surface area contributed by atoms with Gasteiger partial charge in [-0.3, -0.25) is 4.98 Å². The van der Waals surface area contributed by atoms with E-state index in [4.69, 9.17) is 11.6 Å². The van der Waals surface area contributed by atoms with Crippen molar-refractivity contribution >= 4 is 27.5 Å². The van der Waals surface area contributed by atoms with Crippen LogP contribution >= 0.6 is 27.5 Å². The Hall–Kier alpha value is -0.970. The molecule has 1 aromatic heterocycles. The Kier molecular flexibility index (Phi) is 5.52. The highest BCUT2D eigenvalue weighted by molar-refractivity contribution is 9.10. The zero-order chi connectivity index (χ0) is 14.5. The maximum absolute atomic E-state index is 14.0. The van der Waals surface area contributed by atoms with E-state index in [1.165, 1.54) is 6.07 Å². The van der Waals surface area contributed by atoms with Crippen LogP contribution in [0.15, 0.2) is 41.0 Å². The van der Waals surface area contributed by atoms with Crippen LogP contribution in [0.5, 0.6) is 0 Å². The van der Waals surface area contributed by atoms with Crippen LogP contribution < -0.4 is 5.32 Å². The average molecular weight is 358 g/mol. The predicted molar refractivity (Wildman–Crippen MR) is 83.5 cm³/mol. The van der Waals surface area contributed by atoms with Crippen molar-refractivity contribution in [3.8, 4) is 0 Å². The van der Waals surface area contributed by atoms with Gasteiger partial charge in [0.25, 0.3) is 0 Å². The minimum Gasteiger partial charge on any atom is -0.310 e. The fourth-order valence-electron chi connectivity index (χ4n) is 2.06. The van der Waals surface area contributed by atoms with Gasteiger partial charge in [0.05, 0.1) is 0 Å². The number of rotatable bonds is 5. The van der Waals surface area contributed by atoms with E-state index in [2.05, 4.69) is 26.2 Å². The van der Waals surface area contributed by atoms with Crippen molar-refractivity contribution in [2.45, 2.75) is 19.4 Å². The highest BCUT2D eigenvalue weighted by Gasteiger charge is 2.16. The van der Waals surface area contributed by atoms with Crippen molar-refractivity contribution in [3.63, 3.8) is 0 Å². The molecule has 0 saturated carbocycles. The average Bonchev–Trinajstić information content (AvgIpc) is 2.43. The molecule has 0 aliphatic rings. The SMILES string of the molecule is CCNC(Cc1ccc(Br)cn1)c1cc(Cl)ccc1F. The molecule has 0 fully saturated rings. The number of halogens is 3. The minimum absolute atomic E-state index is 0.146. The zero-order valence-corrected chi connectivity index (χ0v) is 13.4. The molecule has 106 valence electrons. The number of hydrogen-bond acceptors (Lipinski definition) is 2. The fraction of sp³-hybridized carbons (Fsp3) is 0.267. The molecule has 0 radical (unpaired) electrons. The third-order valence-corrected chi connectivity index (χ3v) is 3.69. The molecule has 0 saturated heterocycles. The summed E-state index contributed by atoms with van der Waals surface area (Å²) >= 11 is 9.32. The number of pyridine rings is 1. The molecule has 1 heterocycles. The van der Waals surface area contributed by atoms with Gasteiger partial charge in [-0.05, 0) is 52.8 Å². The van der Waals surface area contributed by atoms with Crippen LogP contribution in [0.4, 0.5) is 4.39 Å². The van der Waals surface area contributed by atoms with Gasteiger partial charge in [-0.2, -0.15) is 0 Å². The van der Waals surface area contributed by atoms with E-state index in [0.29, 0.717) is 17.0 Å². The van der Waals surface area contributed by atoms with Crippen LogP contribution in [0.2, 0.25) is 5.02 Å². The monoisotopic (exact) mass is 356 g/mol. The molecule has 0 aliphatic heterocycles. The summed E-state index contributed by atoms with van der Waals surface area (Å²) in [5.74, 6) is -0.252. The summed E-state index contributed by atoms with van der Waals surface area (Å²) in [7, 11) is 0. The van der Waals surface area contributed by atoms with Crippen molar-refractivity contribution < 1.29 is 4.39 Å². The summed E-state index contributed by atoms with van der Waals surface area (Å²) in [4.78, 5) is 4.34. The van der Waals surface area contributed by atoms with Crippen molar-refractivity contribution in [1.29, 1.82) is 0 Å². The number of nitrogens with one attached hydrogen (secondary N) is 1. The Morgan fingerprint density at radius 1 is 1.35 bits per heavy atom. The molecule has 2 rings (SSSR count). The molecule has 20 heavy (non-hydrogen) atoms. The molecule has 1 aromatic carbocycles. The third kappa shape index (κ3) is 4.01. The lowest BCUT2D eigenvalue weighted by atomic mass is 10.0. The molecule has 1 N–H and O–H groups in total. The lowest BCUT2D eigenvalue weighted by molar-refractivity contribution is 0.506. The van der Waals surface area contributed by atoms with E-state index in [-0.39, 0.29) is 11.9 Å². The van der Waals surface area contributed by atoms with E-state index in [0.717, 1.165) is 16.7 Å². The second-order valence-corrected chi connectivity index (χ2v) is 5.80. The minimum atomic E-state index is -0.252. The summed E-state index contributed by atoms with van der Waals surface area (Å²) in [6.45, 7) is 2.73. The summed E-state index contributed by atoms with van der Waals surface area (Å²) < 4.78 is 14.9. The molecule has 0 amide bonds. The van der Waals surface area contributed by atoms with Crippen molar-refractivity contribution in [2.24, 2.45) is 0 Å². The standard InChI is InChI=1S/C15H15BrClFN2/c1-2-19-15(8-12-5-3-10(16)9-20-12)13-7-11(17)4-6-14(13)18/h3-7,9,15,19H,2,8H2,1H3. The summed E-state index contributed by atoms with van der Waals surface area (Å²) in [6.07, 6.45) is 2.35. The number of benzene rings is 1. The Morgan fingerprint density at radius 3 is 2.80 bits per heavy atom. The third-order valence-electron chi connectivity index (χ3n) is 2.99. The topological polar surface area (TPSA) is 24.9 Å². The maximum atomic E-state index is 14.0. The molecule has 0 spiro atoms. The van der Waals surface area contributed by atoms with Gasteiger partial charge in [0.1, 0.15) is 5.82 Å². The van der Waals surface area contributed by atoms with Crippen LogP contribution in [-0.4, -0.2) is 11.5 Å². The smallest absolute Gasteiger partial charge is 0.128 e. The van der Waals surface area contributed by atoms with Gasteiger partial charge in [0.2, 0.25) is 0 Å². The van der Waals surface area contributed by atoms with Gasteiger partial charge < -0.3 is 5.32 Å². The van der Waals surface area contributed by atoms with E-state index in [9.17, 15) is 4.39 Å². The normalized spacial score (nSPS) is 12.4. The van der Waals surface area contributed by atoms with Crippen LogP contribution in [0.25, 0.3) is 0 Å². The summed E-state index contributed by atoms with van der Waals surface area (Å²) in [6, 6.07) is 8.34. The second kappa shape index (κ2) is 7.16. The first-order chi connectivity index (χ1) is 9.60. The van der Waals surface area contributed by atoms with Crippen LogP contribution in [0, 0.1) is 5.82 Å². The predicted octanol–water partition coefficient (Wildman–Crippen LogP) is 4.53. The zero-order valence-electron chi connectivity index (χ0n) is 11.0. The Morgan fingerprint density at radius 2 is 2.15 bits per heavy atom. The van der Waals surface area contributed by atoms with Crippen LogP contribution in [0.1, 0.15) is 24.2 Å². The molecular weight excluding hydrogens is 343 g/mol. The lowest BCUT2D eigenvalue weighted by Crippen LogP contribution is -2.24. The maximum Gasteiger partial charge on any atom is 0.128 e. The van der Waals surface area contributed by atoms with Crippen LogP contribution in [-0.2, 0) is 6.42 Å². The number of nitrogens with zero attached hydrogens (tertiary/aromatic N) is 1. The molecule has 2 aromatic rings.